The van der Waals surface area contributed by atoms with E-state index in [1.165, 1.54) is 12.8 Å². The first-order valence-corrected chi connectivity index (χ1v) is 9.01. The maximum atomic E-state index is 10.8. The Morgan fingerprint density at radius 1 is 1.26 bits per heavy atom. The van der Waals surface area contributed by atoms with Crippen molar-refractivity contribution in [2.45, 2.75) is 57.1 Å². The molecule has 2 heterocycles. The molecule has 1 N–H and O–H groups in total. The molecule has 1 aromatic heterocycles. The number of hydrogen-bond acceptors (Lipinski definition) is 5. The van der Waals surface area contributed by atoms with Crippen molar-refractivity contribution in [1.29, 1.82) is 0 Å². The van der Waals surface area contributed by atoms with Gasteiger partial charge in [0.2, 0.25) is 0 Å². The maximum Gasteiger partial charge on any atom is 0.151 e. The van der Waals surface area contributed by atoms with Crippen LogP contribution in [0.5, 0.6) is 0 Å². The Labute approximate surface area is 139 Å². The van der Waals surface area contributed by atoms with E-state index < -0.39 is 5.60 Å². The van der Waals surface area contributed by atoms with Crippen LogP contribution in [-0.4, -0.2) is 58.5 Å². The molecule has 2 aliphatic rings. The number of likely N-dealkylation sites (tertiary alicyclic amines) is 1. The fraction of sp³-hybridized carbons (Fsp3) is 0.778. The first-order valence-electron chi connectivity index (χ1n) is 9.01. The van der Waals surface area contributed by atoms with Gasteiger partial charge in [0.15, 0.2) is 5.82 Å². The fourth-order valence-electron chi connectivity index (χ4n) is 4.01. The summed E-state index contributed by atoms with van der Waals surface area (Å²) in [5.74, 6) is 1.73. The summed E-state index contributed by atoms with van der Waals surface area (Å²) in [6, 6.07) is 4.47. The zero-order valence-corrected chi connectivity index (χ0v) is 14.5. The predicted molar refractivity (Wildman–Crippen MR) is 92.5 cm³/mol. The third kappa shape index (κ3) is 4.21. The van der Waals surface area contributed by atoms with Crippen LogP contribution in [0.2, 0.25) is 0 Å². The van der Waals surface area contributed by atoms with Crippen LogP contribution >= 0.6 is 0 Å². The number of rotatable bonds is 4. The van der Waals surface area contributed by atoms with E-state index in [2.05, 4.69) is 34.0 Å². The Morgan fingerprint density at radius 3 is 2.57 bits per heavy atom. The molecule has 0 atom stereocenters. The molecule has 0 bridgehead atoms. The van der Waals surface area contributed by atoms with Gasteiger partial charge < -0.3 is 14.9 Å². The number of anilines is 1. The van der Waals surface area contributed by atoms with Gasteiger partial charge in [0.1, 0.15) is 0 Å². The molecule has 3 rings (SSSR count). The summed E-state index contributed by atoms with van der Waals surface area (Å²) in [6.45, 7) is 5.27. The Balaban J connectivity index is 1.49. The molecule has 5 nitrogen and oxygen atoms in total. The van der Waals surface area contributed by atoms with E-state index in [0.29, 0.717) is 6.04 Å². The zero-order chi connectivity index (χ0) is 16.3. The molecule has 0 radical (unpaired) electrons. The second-order valence-corrected chi connectivity index (χ2v) is 7.61. The molecule has 0 unspecified atom stereocenters. The van der Waals surface area contributed by atoms with Crippen LogP contribution < -0.4 is 4.90 Å². The lowest BCUT2D eigenvalue weighted by atomic mass is 9.79. The summed E-state index contributed by atoms with van der Waals surface area (Å²) >= 11 is 0. The lowest BCUT2D eigenvalue weighted by molar-refractivity contribution is -0.0390. The molecule has 1 aliphatic carbocycles. The fourth-order valence-corrected chi connectivity index (χ4v) is 4.01. The quantitative estimate of drug-likeness (QED) is 0.923. The van der Waals surface area contributed by atoms with Gasteiger partial charge in [-0.2, -0.15) is 5.10 Å². The first-order chi connectivity index (χ1) is 11.1. The van der Waals surface area contributed by atoms with E-state index in [-0.39, 0.29) is 0 Å². The van der Waals surface area contributed by atoms with E-state index in [1.54, 1.807) is 6.20 Å². The first kappa shape index (κ1) is 16.7. The van der Waals surface area contributed by atoms with Crippen molar-refractivity contribution in [2.75, 3.05) is 31.6 Å². The smallest absolute Gasteiger partial charge is 0.151 e. The highest BCUT2D eigenvalue weighted by Gasteiger charge is 2.35. The monoisotopic (exact) mass is 318 g/mol. The predicted octanol–water partition coefficient (Wildman–Crippen LogP) is 2.32. The topological polar surface area (TPSA) is 52.5 Å². The van der Waals surface area contributed by atoms with Gasteiger partial charge in [0.25, 0.3) is 0 Å². The van der Waals surface area contributed by atoms with Crippen molar-refractivity contribution in [3.05, 3.63) is 18.3 Å². The number of aliphatic hydroxyl groups is 1. The van der Waals surface area contributed by atoms with Crippen molar-refractivity contribution in [1.82, 2.24) is 15.1 Å². The molecular formula is C18H30N4O. The lowest BCUT2D eigenvalue weighted by Crippen LogP contribution is -2.50. The molecule has 1 aromatic rings. The standard InChI is InChI=1S/C18H30N4O/c1-15-5-9-18(23,10-6-15)14-22-12-7-16(8-13-22)21(2)17-4-3-11-19-20-17/h3-4,11,15-16,23H,5-10,12-14H2,1-2H3. The van der Waals surface area contributed by atoms with Gasteiger partial charge in [-0.1, -0.05) is 6.92 Å². The zero-order valence-electron chi connectivity index (χ0n) is 14.5. The molecule has 128 valence electrons. The van der Waals surface area contributed by atoms with E-state index in [4.69, 9.17) is 0 Å². The summed E-state index contributed by atoms with van der Waals surface area (Å²) in [5, 5.41) is 19.0. The highest BCUT2D eigenvalue weighted by atomic mass is 16.3. The Morgan fingerprint density at radius 2 is 1.96 bits per heavy atom. The van der Waals surface area contributed by atoms with Gasteiger partial charge in [-0.15, -0.1) is 5.10 Å². The molecule has 1 aliphatic heterocycles. The summed E-state index contributed by atoms with van der Waals surface area (Å²) in [5.41, 5.74) is -0.448. The van der Waals surface area contributed by atoms with Crippen LogP contribution in [0.4, 0.5) is 5.82 Å². The molecular weight excluding hydrogens is 288 g/mol. The normalized spacial score (nSPS) is 30.3. The van der Waals surface area contributed by atoms with Crippen molar-refractivity contribution in [2.24, 2.45) is 5.92 Å². The summed E-state index contributed by atoms with van der Waals surface area (Å²) in [7, 11) is 2.11. The largest absolute Gasteiger partial charge is 0.389 e. The van der Waals surface area contributed by atoms with Crippen LogP contribution in [0.1, 0.15) is 45.4 Å². The van der Waals surface area contributed by atoms with Crippen LogP contribution in [0, 0.1) is 5.92 Å². The van der Waals surface area contributed by atoms with Crippen molar-refractivity contribution >= 4 is 5.82 Å². The average molecular weight is 318 g/mol. The number of hydrogen-bond donors (Lipinski definition) is 1. The average Bonchev–Trinajstić information content (AvgIpc) is 2.59. The Kier molecular flexibility index (Phi) is 5.17. The summed E-state index contributed by atoms with van der Waals surface area (Å²) in [4.78, 5) is 4.71. The van der Waals surface area contributed by atoms with Crippen LogP contribution in [0.3, 0.4) is 0 Å². The second-order valence-electron chi connectivity index (χ2n) is 7.61. The third-order valence-corrected chi connectivity index (χ3v) is 5.75. The van der Waals surface area contributed by atoms with Crippen molar-refractivity contribution < 1.29 is 5.11 Å². The van der Waals surface area contributed by atoms with Gasteiger partial charge in [-0.25, -0.2) is 0 Å². The Bertz CT molecular complexity index is 479. The molecule has 0 amide bonds. The second kappa shape index (κ2) is 7.14. The SMILES string of the molecule is CC1CCC(O)(CN2CCC(N(C)c3cccnn3)CC2)CC1. The molecule has 0 spiro atoms. The van der Waals surface area contributed by atoms with Gasteiger partial charge in [-0.3, -0.25) is 0 Å². The van der Waals surface area contributed by atoms with Gasteiger partial charge in [-0.05, 0) is 56.6 Å². The van der Waals surface area contributed by atoms with E-state index in [9.17, 15) is 5.11 Å². The van der Waals surface area contributed by atoms with Gasteiger partial charge in [0, 0.05) is 38.9 Å². The Hall–Kier alpha value is -1.20. The molecule has 0 aromatic carbocycles. The third-order valence-electron chi connectivity index (χ3n) is 5.75. The maximum absolute atomic E-state index is 10.8. The summed E-state index contributed by atoms with van der Waals surface area (Å²) in [6.07, 6.45) is 8.23. The minimum Gasteiger partial charge on any atom is -0.389 e. The van der Waals surface area contributed by atoms with Gasteiger partial charge >= 0.3 is 0 Å². The van der Waals surface area contributed by atoms with Crippen LogP contribution in [-0.2, 0) is 0 Å². The summed E-state index contributed by atoms with van der Waals surface area (Å²) < 4.78 is 0. The lowest BCUT2D eigenvalue weighted by Gasteiger charge is -2.42. The minimum atomic E-state index is -0.448. The molecule has 5 heteroatoms. The van der Waals surface area contributed by atoms with Gasteiger partial charge in [0.05, 0.1) is 5.60 Å². The molecule has 1 saturated carbocycles. The highest BCUT2D eigenvalue weighted by Crippen LogP contribution is 2.33. The van der Waals surface area contributed by atoms with Crippen molar-refractivity contribution in [3.8, 4) is 0 Å². The molecule has 1 saturated heterocycles. The van der Waals surface area contributed by atoms with E-state index in [1.807, 2.05) is 12.1 Å². The highest BCUT2D eigenvalue weighted by molar-refractivity contribution is 5.36. The van der Waals surface area contributed by atoms with Crippen molar-refractivity contribution in [3.63, 3.8) is 0 Å². The van der Waals surface area contributed by atoms with Crippen LogP contribution in [0.25, 0.3) is 0 Å². The minimum absolute atomic E-state index is 0.448. The number of piperidine rings is 1. The van der Waals surface area contributed by atoms with Crippen LogP contribution in [0.15, 0.2) is 18.3 Å². The number of β-amino-alcohol motifs (C(OH)–C–C–N with tert-alkyl or cyclic N) is 1. The molecule has 2 fully saturated rings. The molecule has 23 heavy (non-hydrogen) atoms. The number of aromatic nitrogens is 2. The van der Waals surface area contributed by atoms with E-state index in [0.717, 1.165) is 57.1 Å². The number of nitrogens with zero attached hydrogens (tertiary/aromatic N) is 4. The van der Waals surface area contributed by atoms with E-state index >= 15 is 0 Å².